The van der Waals surface area contributed by atoms with Crippen LogP contribution in [-0.2, 0) is 0 Å². The van der Waals surface area contributed by atoms with Crippen LogP contribution in [0.2, 0.25) is 0 Å². The third-order valence-electron chi connectivity index (χ3n) is 5.25. The number of hydrogen-bond acceptors (Lipinski definition) is 3. The standard InChI is InChI=1S/C16H32N2O/c1-13-5-6-16(17-2)15(10-13)12-18-8-3-4-14(11-18)7-9-19/h13-17,19H,3-12H2,1-2H3. The van der Waals surface area contributed by atoms with Gasteiger partial charge in [-0.15, -0.1) is 0 Å². The summed E-state index contributed by atoms with van der Waals surface area (Å²) >= 11 is 0. The van der Waals surface area contributed by atoms with Gasteiger partial charge in [-0.1, -0.05) is 6.92 Å². The molecule has 4 atom stereocenters. The van der Waals surface area contributed by atoms with Gasteiger partial charge < -0.3 is 15.3 Å². The van der Waals surface area contributed by atoms with Crippen molar-refractivity contribution in [3.8, 4) is 0 Å². The van der Waals surface area contributed by atoms with Gasteiger partial charge in [-0.25, -0.2) is 0 Å². The number of nitrogens with zero attached hydrogens (tertiary/aromatic N) is 1. The lowest BCUT2D eigenvalue weighted by Crippen LogP contribution is -2.46. The molecular formula is C16H32N2O. The van der Waals surface area contributed by atoms with Crippen molar-refractivity contribution >= 4 is 0 Å². The maximum atomic E-state index is 9.11. The van der Waals surface area contributed by atoms with E-state index in [9.17, 15) is 0 Å². The monoisotopic (exact) mass is 268 g/mol. The Kier molecular flexibility index (Phi) is 6.11. The van der Waals surface area contributed by atoms with Gasteiger partial charge in [0.05, 0.1) is 0 Å². The average molecular weight is 268 g/mol. The van der Waals surface area contributed by atoms with E-state index in [-0.39, 0.29) is 0 Å². The molecule has 0 bridgehead atoms. The Morgan fingerprint density at radius 3 is 2.84 bits per heavy atom. The van der Waals surface area contributed by atoms with Crippen molar-refractivity contribution in [2.75, 3.05) is 33.3 Å². The van der Waals surface area contributed by atoms with E-state index in [1.807, 2.05) is 0 Å². The van der Waals surface area contributed by atoms with E-state index in [2.05, 4.69) is 24.2 Å². The first-order chi connectivity index (χ1) is 9.22. The normalized spacial score (nSPS) is 37.4. The SMILES string of the molecule is CNC1CCC(C)CC1CN1CCCC(CCO)C1. The van der Waals surface area contributed by atoms with Gasteiger partial charge in [-0.3, -0.25) is 0 Å². The molecule has 2 N–H and O–H groups in total. The van der Waals surface area contributed by atoms with E-state index in [0.29, 0.717) is 6.61 Å². The molecular weight excluding hydrogens is 236 g/mol. The van der Waals surface area contributed by atoms with Crippen molar-refractivity contribution in [1.29, 1.82) is 0 Å². The van der Waals surface area contributed by atoms with Gasteiger partial charge in [0.1, 0.15) is 0 Å². The summed E-state index contributed by atoms with van der Waals surface area (Å²) in [6, 6.07) is 0.717. The Morgan fingerprint density at radius 2 is 2.11 bits per heavy atom. The van der Waals surface area contributed by atoms with E-state index in [1.54, 1.807) is 0 Å². The van der Waals surface area contributed by atoms with Gasteiger partial charge in [0.25, 0.3) is 0 Å². The molecule has 0 aromatic carbocycles. The summed E-state index contributed by atoms with van der Waals surface area (Å²) in [5.74, 6) is 2.45. The molecule has 1 heterocycles. The first-order valence-corrected chi connectivity index (χ1v) is 8.23. The zero-order chi connectivity index (χ0) is 13.7. The van der Waals surface area contributed by atoms with Crippen LogP contribution in [0.5, 0.6) is 0 Å². The molecule has 3 nitrogen and oxygen atoms in total. The summed E-state index contributed by atoms with van der Waals surface area (Å²) in [6.07, 6.45) is 7.73. The van der Waals surface area contributed by atoms with Crippen molar-refractivity contribution in [1.82, 2.24) is 10.2 Å². The average Bonchev–Trinajstić information content (AvgIpc) is 2.40. The molecule has 0 spiro atoms. The Morgan fingerprint density at radius 1 is 1.26 bits per heavy atom. The van der Waals surface area contributed by atoms with Crippen LogP contribution in [0.1, 0.15) is 45.4 Å². The Labute approximate surface area is 118 Å². The largest absolute Gasteiger partial charge is 0.396 e. The van der Waals surface area contributed by atoms with Crippen molar-refractivity contribution in [2.24, 2.45) is 17.8 Å². The number of aliphatic hydroxyl groups is 1. The molecule has 0 aromatic heterocycles. The van der Waals surface area contributed by atoms with E-state index in [0.717, 1.165) is 30.2 Å². The number of likely N-dealkylation sites (tertiary alicyclic amines) is 1. The molecule has 112 valence electrons. The molecule has 2 aliphatic rings. The molecule has 19 heavy (non-hydrogen) atoms. The van der Waals surface area contributed by atoms with Crippen LogP contribution in [0.15, 0.2) is 0 Å². The molecule has 1 aliphatic carbocycles. The van der Waals surface area contributed by atoms with Gasteiger partial charge in [-0.2, -0.15) is 0 Å². The van der Waals surface area contributed by atoms with Crippen LogP contribution >= 0.6 is 0 Å². The Bertz CT molecular complexity index is 257. The molecule has 2 rings (SSSR count). The first-order valence-electron chi connectivity index (χ1n) is 8.23. The fourth-order valence-corrected chi connectivity index (χ4v) is 4.15. The molecule has 4 unspecified atom stereocenters. The zero-order valence-electron chi connectivity index (χ0n) is 12.8. The molecule has 3 heteroatoms. The minimum atomic E-state index is 0.359. The van der Waals surface area contributed by atoms with E-state index in [1.165, 1.54) is 51.7 Å². The van der Waals surface area contributed by atoms with Crippen LogP contribution in [0.25, 0.3) is 0 Å². The lowest BCUT2D eigenvalue weighted by atomic mass is 9.78. The molecule has 1 saturated heterocycles. The van der Waals surface area contributed by atoms with Gasteiger partial charge in [-0.05, 0) is 69.9 Å². The fourth-order valence-electron chi connectivity index (χ4n) is 4.15. The maximum absolute atomic E-state index is 9.11. The lowest BCUT2D eigenvalue weighted by molar-refractivity contribution is 0.100. The molecule has 1 aliphatic heterocycles. The molecule has 0 radical (unpaired) electrons. The highest BCUT2D eigenvalue weighted by molar-refractivity contribution is 4.86. The smallest absolute Gasteiger partial charge is 0.0434 e. The van der Waals surface area contributed by atoms with Gasteiger partial charge in [0.2, 0.25) is 0 Å². The minimum Gasteiger partial charge on any atom is -0.396 e. The van der Waals surface area contributed by atoms with Crippen molar-refractivity contribution in [2.45, 2.75) is 51.5 Å². The highest BCUT2D eigenvalue weighted by atomic mass is 16.3. The second-order valence-electron chi connectivity index (χ2n) is 6.85. The topological polar surface area (TPSA) is 35.5 Å². The molecule has 0 amide bonds. The highest BCUT2D eigenvalue weighted by Crippen LogP contribution is 2.31. The van der Waals surface area contributed by atoms with Crippen LogP contribution < -0.4 is 5.32 Å². The predicted molar refractivity (Wildman–Crippen MR) is 80.2 cm³/mol. The fraction of sp³-hybridized carbons (Fsp3) is 1.00. The Balaban J connectivity index is 1.84. The van der Waals surface area contributed by atoms with Gasteiger partial charge in [0, 0.05) is 25.7 Å². The number of aliphatic hydroxyl groups excluding tert-OH is 1. The summed E-state index contributed by atoms with van der Waals surface area (Å²) in [4.78, 5) is 2.66. The van der Waals surface area contributed by atoms with E-state index in [4.69, 9.17) is 5.11 Å². The summed E-state index contributed by atoms with van der Waals surface area (Å²) in [5, 5.41) is 12.6. The first kappa shape index (κ1) is 15.3. The third kappa shape index (κ3) is 4.44. The predicted octanol–water partition coefficient (Wildman–Crippen LogP) is 2.10. The number of hydrogen-bond donors (Lipinski definition) is 2. The van der Waals surface area contributed by atoms with E-state index >= 15 is 0 Å². The summed E-state index contributed by atoms with van der Waals surface area (Å²) in [5.41, 5.74) is 0. The second kappa shape index (κ2) is 7.61. The quantitative estimate of drug-likeness (QED) is 0.801. The van der Waals surface area contributed by atoms with Crippen molar-refractivity contribution < 1.29 is 5.11 Å². The number of piperidine rings is 1. The van der Waals surface area contributed by atoms with Crippen LogP contribution in [-0.4, -0.2) is 49.3 Å². The summed E-state index contributed by atoms with van der Waals surface area (Å²) in [7, 11) is 2.12. The van der Waals surface area contributed by atoms with E-state index < -0.39 is 0 Å². The van der Waals surface area contributed by atoms with Gasteiger partial charge >= 0.3 is 0 Å². The maximum Gasteiger partial charge on any atom is 0.0434 e. The van der Waals surface area contributed by atoms with Crippen molar-refractivity contribution in [3.05, 3.63) is 0 Å². The highest BCUT2D eigenvalue weighted by Gasteiger charge is 2.30. The summed E-state index contributed by atoms with van der Waals surface area (Å²) < 4.78 is 0. The molecule has 0 aromatic rings. The lowest BCUT2D eigenvalue weighted by Gasteiger charge is -2.40. The minimum absolute atomic E-state index is 0.359. The molecule has 2 fully saturated rings. The number of nitrogens with one attached hydrogen (secondary N) is 1. The van der Waals surface area contributed by atoms with Crippen molar-refractivity contribution in [3.63, 3.8) is 0 Å². The molecule has 1 saturated carbocycles. The van der Waals surface area contributed by atoms with Crippen LogP contribution in [0, 0.1) is 17.8 Å². The van der Waals surface area contributed by atoms with Gasteiger partial charge in [0.15, 0.2) is 0 Å². The second-order valence-corrected chi connectivity index (χ2v) is 6.85. The third-order valence-corrected chi connectivity index (χ3v) is 5.25. The van der Waals surface area contributed by atoms with Crippen LogP contribution in [0.3, 0.4) is 0 Å². The summed E-state index contributed by atoms with van der Waals surface area (Å²) in [6.45, 7) is 6.50. The van der Waals surface area contributed by atoms with Crippen LogP contribution in [0.4, 0.5) is 0 Å². The Hall–Kier alpha value is -0.120. The zero-order valence-corrected chi connectivity index (χ0v) is 12.8. The number of rotatable bonds is 5.